The lowest BCUT2D eigenvalue weighted by atomic mass is 9.98. The Morgan fingerprint density at radius 3 is 2.06 bits per heavy atom. The molecule has 18 heavy (non-hydrogen) atoms. The summed E-state index contributed by atoms with van der Waals surface area (Å²) in [5.41, 5.74) is 2.36. The van der Waals surface area contributed by atoms with Crippen molar-refractivity contribution in [2.24, 2.45) is 5.92 Å². The second-order valence-corrected chi connectivity index (χ2v) is 5.28. The summed E-state index contributed by atoms with van der Waals surface area (Å²) >= 11 is 0. The first kappa shape index (κ1) is 14.7. The molecule has 0 heterocycles. The zero-order chi connectivity index (χ0) is 13.9. The largest absolute Gasteiger partial charge is 0.480 e. The van der Waals surface area contributed by atoms with Crippen molar-refractivity contribution in [2.75, 3.05) is 7.05 Å². The van der Waals surface area contributed by atoms with Gasteiger partial charge in [-0.2, -0.15) is 0 Å². The van der Waals surface area contributed by atoms with E-state index in [2.05, 4.69) is 24.3 Å². The Bertz CT molecular complexity index is 397. The summed E-state index contributed by atoms with van der Waals surface area (Å²) in [6.45, 7) is 7.98. The summed E-state index contributed by atoms with van der Waals surface area (Å²) < 4.78 is 0. The number of aliphatic carboxylic acids is 1. The lowest BCUT2D eigenvalue weighted by molar-refractivity contribution is -0.145. The third-order valence-electron chi connectivity index (χ3n) is 3.49. The van der Waals surface area contributed by atoms with E-state index in [4.69, 9.17) is 0 Å². The maximum atomic E-state index is 11.3. The molecule has 1 aromatic carbocycles. The zero-order valence-corrected chi connectivity index (χ0v) is 11.8. The smallest absolute Gasteiger partial charge is 0.321 e. The molecule has 0 aliphatic carbocycles. The summed E-state index contributed by atoms with van der Waals surface area (Å²) in [6.07, 6.45) is 0. The third kappa shape index (κ3) is 3.33. The van der Waals surface area contributed by atoms with Gasteiger partial charge >= 0.3 is 5.97 Å². The van der Waals surface area contributed by atoms with Crippen molar-refractivity contribution in [1.29, 1.82) is 0 Å². The molecule has 0 amide bonds. The molecular weight excluding hydrogens is 226 g/mol. The van der Waals surface area contributed by atoms with E-state index in [0.717, 1.165) is 5.56 Å². The first-order valence-electron chi connectivity index (χ1n) is 6.36. The van der Waals surface area contributed by atoms with E-state index in [0.29, 0.717) is 0 Å². The van der Waals surface area contributed by atoms with Crippen molar-refractivity contribution >= 4 is 5.97 Å². The van der Waals surface area contributed by atoms with Gasteiger partial charge in [-0.05, 0) is 32.4 Å². The highest BCUT2D eigenvalue weighted by Gasteiger charge is 2.29. The third-order valence-corrected chi connectivity index (χ3v) is 3.49. The minimum atomic E-state index is -0.758. The second-order valence-electron chi connectivity index (χ2n) is 5.28. The Hall–Kier alpha value is -1.35. The molecule has 2 unspecified atom stereocenters. The number of carboxylic acids is 1. The molecule has 2 atom stereocenters. The first-order chi connectivity index (χ1) is 8.34. The maximum absolute atomic E-state index is 11.3. The van der Waals surface area contributed by atoms with Crippen LogP contribution in [0.4, 0.5) is 0 Å². The van der Waals surface area contributed by atoms with Crippen LogP contribution in [0.5, 0.6) is 0 Å². The SMILES string of the molecule is Cc1ccc(C(C)N(C)C(C(=O)O)C(C)C)cc1. The Morgan fingerprint density at radius 2 is 1.67 bits per heavy atom. The number of aryl methyl sites for hydroxylation is 1. The number of rotatable bonds is 5. The van der Waals surface area contributed by atoms with Crippen LogP contribution in [0.3, 0.4) is 0 Å². The highest BCUT2D eigenvalue weighted by atomic mass is 16.4. The standard InChI is InChI=1S/C15H23NO2/c1-10(2)14(15(17)18)16(5)12(4)13-8-6-11(3)7-9-13/h6-10,12,14H,1-5H3,(H,17,18). The van der Waals surface area contributed by atoms with Gasteiger partial charge in [0.2, 0.25) is 0 Å². The molecule has 1 rings (SSSR count). The van der Waals surface area contributed by atoms with Gasteiger partial charge in [-0.25, -0.2) is 0 Å². The fourth-order valence-electron chi connectivity index (χ4n) is 2.25. The average molecular weight is 249 g/mol. The molecule has 0 bridgehead atoms. The van der Waals surface area contributed by atoms with Gasteiger partial charge in [0.05, 0.1) is 0 Å². The molecule has 0 spiro atoms. The molecule has 100 valence electrons. The fourth-order valence-corrected chi connectivity index (χ4v) is 2.25. The van der Waals surface area contributed by atoms with Crippen molar-refractivity contribution in [3.8, 4) is 0 Å². The van der Waals surface area contributed by atoms with Gasteiger partial charge in [0, 0.05) is 6.04 Å². The van der Waals surface area contributed by atoms with Crippen molar-refractivity contribution in [3.05, 3.63) is 35.4 Å². The minimum Gasteiger partial charge on any atom is -0.480 e. The lowest BCUT2D eigenvalue weighted by Crippen LogP contribution is -2.43. The molecule has 1 N–H and O–H groups in total. The number of hydrogen-bond acceptors (Lipinski definition) is 2. The molecule has 0 aromatic heterocycles. The van der Waals surface area contributed by atoms with Gasteiger partial charge in [0.25, 0.3) is 0 Å². The lowest BCUT2D eigenvalue weighted by Gasteiger charge is -2.33. The number of carbonyl (C=O) groups is 1. The molecule has 0 aliphatic heterocycles. The Balaban J connectivity index is 2.91. The molecule has 1 aromatic rings. The molecular formula is C15H23NO2. The zero-order valence-electron chi connectivity index (χ0n) is 11.8. The Kier molecular flexibility index (Phi) is 4.91. The number of nitrogens with zero attached hydrogens (tertiary/aromatic N) is 1. The summed E-state index contributed by atoms with van der Waals surface area (Å²) in [4.78, 5) is 13.3. The maximum Gasteiger partial charge on any atom is 0.321 e. The monoisotopic (exact) mass is 249 g/mol. The summed E-state index contributed by atoms with van der Waals surface area (Å²) in [6, 6.07) is 7.89. The van der Waals surface area contributed by atoms with Gasteiger partial charge in [0.1, 0.15) is 6.04 Å². The van der Waals surface area contributed by atoms with Crippen molar-refractivity contribution in [1.82, 2.24) is 4.90 Å². The molecule has 0 saturated carbocycles. The number of carboxylic acid groups (broad SMARTS) is 1. The molecule has 0 saturated heterocycles. The molecule has 3 heteroatoms. The van der Waals surface area contributed by atoms with E-state index >= 15 is 0 Å². The normalized spacial score (nSPS) is 14.8. The topological polar surface area (TPSA) is 40.5 Å². The van der Waals surface area contributed by atoms with Crippen molar-refractivity contribution in [2.45, 2.75) is 39.8 Å². The van der Waals surface area contributed by atoms with Crippen LogP contribution in [0.2, 0.25) is 0 Å². The minimum absolute atomic E-state index is 0.0837. The molecule has 0 radical (unpaired) electrons. The van der Waals surface area contributed by atoms with Gasteiger partial charge in [-0.15, -0.1) is 0 Å². The molecule has 0 aliphatic rings. The summed E-state index contributed by atoms with van der Waals surface area (Å²) in [7, 11) is 1.88. The first-order valence-corrected chi connectivity index (χ1v) is 6.36. The summed E-state index contributed by atoms with van der Waals surface area (Å²) in [5.74, 6) is -0.674. The van der Waals surface area contributed by atoms with Crippen LogP contribution in [0, 0.1) is 12.8 Å². The molecule has 3 nitrogen and oxygen atoms in total. The highest BCUT2D eigenvalue weighted by molar-refractivity contribution is 5.73. The van der Waals surface area contributed by atoms with Gasteiger partial charge < -0.3 is 5.11 Å². The van der Waals surface area contributed by atoms with Gasteiger partial charge in [-0.1, -0.05) is 43.7 Å². The quantitative estimate of drug-likeness (QED) is 0.871. The van der Waals surface area contributed by atoms with Crippen LogP contribution < -0.4 is 0 Å². The average Bonchev–Trinajstić information content (AvgIpc) is 2.28. The van der Waals surface area contributed by atoms with Crippen LogP contribution in [0.25, 0.3) is 0 Å². The second kappa shape index (κ2) is 6.01. The van der Waals surface area contributed by atoms with E-state index in [-0.39, 0.29) is 12.0 Å². The van der Waals surface area contributed by atoms with Crippen LogP contribution >= 0.6 is 0 Å². The van der Waals surface area contributed by atoms with E-state index in [1.165, 1.54) is 5.56 Å². The molecule has 0 fully saturated rings. The Morgan fingerprint density at radius 1 is 1.17 bits per heavy atom. The van der Waals surface area contributed by atoms with Crippen LogP contribution in [-0.4, -0.2) is 29.1 Å². The predicted molar refractivity (Wildman–Crippen MR) is 73.6 cm³/mol. The summed E-state index contributed by atoms with van der Waals surface area (Å²) in [5, 5.41) is 9.31. The van der Waals surface area contributed by atoms with E-state index in [9.17, 15) is 9.90 Å². The van der Waals surface area contributed by atoms with Crippen LogP contribution in [-0.2, 0) is 4.79 Å². The van der Waals surface area contributed by atoms with Crippen LogP contribution in [0.1, 0.15) is 37.9 Å². The van der Waals surface area contributed by atoms with Crippen molar-refractivity contribution in [3.63, 3.8) is 0 Å². The van der Waals surface area contributed by atoms with E-state index in [1.807, 2.05) is 39.6 Å². The van der Waals surface area contributed by atoms with Gasteiger partial charge in [0.15, 0.2) is 0 Å². The van der Waals surface area contributed by atoms with Gasteiger partial charge in [-0.3, -0.25) is 9.69 Å². The van der Waals surface area contributed by atoms with Crippen LogP contribution in [0.15, 0.2) is 24.3 Å². The number of hydrogen-bond donors (Lipinski definition) is 1. The van der Waals surface area contributed by atoms with E-state index < -0.39 is 12.0 Å². The Labute approximate surface area is 109 Å². The fraction of sp³-hybridized carbons (Fsp3) is 0.533. The van der Waals surface area contributed by atoms with Crippen molar-refractivity contribution < 1.29 is 9.90 Å². The predicted octanol–water partition coefficient (Wildman–Crippen LogP) is 3.10. The number of likely N-dealkylation sites (N-methyl/N-ethyl adjacent to an activating group) is 1. The highest BCUT2D eigenvalue weighted by Crippen LogP contribution is 2.24. The van der Waals surface area contributed by atoms with E-state index in [1.54, 1.807) is 0 Å². The number of benzene rings is 1.